The van der Waals surface area contributed by atoms with Gasteiger partial charge in [0.05, 0.1) is 0 Å². The van der Waals surface area contributed by atoms with Crippen molar-refractivity contribution < 1.29 is 9.90 Å². The van der Waals surface area contributed by atoms with Gasteiger partial charge in [0.25, 0.3) is 0 Å². The monoisotopic (exact) mass is 282 g/mol. The van der Waals surface area contributed by atoms with Crippen molar-refractivity contribution in [2.75, 3.05) is 41.4 Å². The quantitative estimate of drug-likeness (QED) is 0.761. The Balaban J connectivity index is 1.85. The number of hydrogen-bond acceptors (Lipinski definition) is 6. The number of anilines is 2. The third-order valence-corrected chi connectivity index (χ3v) is 3.80. The Kier molecular flexibility index (Phi) is 5.26. The van der Waals surface area contributed by atoms with E-state index in [2.05, 4.69) is 20.2 Å². The number of carbonyl (C=O) groups is 1. The van der Waals surface area contributed by atoms with Gasteiger partial charge in [-0.05, 0) is 6.42 Å². The number of rotatable bonds is 6. The second-order valence-corrected chi connectivity index (χ2v) is 5.51. The van der Waals surface area contributed by atoms with Crippen molar-refractivity contribution in [1.29, 1.82) is 0 Å². The summed E-state index contributed by atoms with van der Waals surface area (Å²) in [4.78, 5) is 21.1. The van der Waals surface area contributed by atoms with E-state index in [1.807, 2.05) is 17.8 Å². The van der Waals surface area contributed by atoms with E-state index in [1.54, 1.807) is 6.33 Å². The first-order valence-electron chi connectivity index (χ1n) is 6.36. The molecular weight excluding hydrogens is 264 g/mol. The van der Waals surface area contributed by atoms with E-state index in [1.165, 1.54) is 0 Å². The molecule has 0 unspecified atom stereocenters. The van der Waals surface area contributed by atoms with Gasteiger partial charge in [0, 0.05) is 43.6 Å². The average molecular weight is 282 g/mol. The predicted molar refractivity (Wildman–Crippen MR) is 76.9 cm³/mol. The molecule has 1 aliphatic heterocycles. The van der Waals surface area contributed by atoms with Crippen LogP contribution in [-0.4, -0.2) is 52.2 Å². The van der Waals surface area contributed by atoms with Gasteiger partial charge in [-0.3, -0.25) is 4.79 Å². The van der Waals surface area contributed by atoms with E-state index >= 15 is 0 Å². The molecule has 1 fully saturated rings. The Morgan fingerprint density at radius 3 is 2.95 bits per heavy atom. The fourth-order valence-corrected chi connectivity index (χ4v) is 2.77. The molecule has 104 valence electrons. The van der Waals surface area contributed by atoms with Crippen LogP contribution in [0.1, 0.15) is 12.8 Å². The van der Waals surface area contributed by atoms with Gasteiger partial charge >= 0.3 is 5.97 Å². The molecule has 19 heavy (non-hydrogen) atoms. The molecule has 1 saturated heterocycles. The van der Waals surface area contributed by atoms with Crippen LogP contribution in [0.2, 0.25) is 0 Å². The maximum Gasteiger partial charge on any atom is 0.303 e. The van der Waals surface area contributed by atoms with Crippen LogP contribution < -0.4 is 10.2 Å². The Morgan fingerprint density at radius 1 is 1.42 bits per heavy atom. The van der Waals surface area contributed by atoms with Crippen molar-refractivity contribution in [2.24, 2.45) is 0 Å². The van der Waals surface area contributed by atoms with Gasteiger partial charge < -0.3 is 15.3 Å². The number of hydrogen-bond donors (Lipinski definition) is 2. The van der Waals surface area contributed by atoms with Crippen LogP contribution in [0.5, 0.6) is 0 Å². The highest BCUT2D eigenvalue weighted by atomic mass is 32.2. The number of nitrogens with zero attached hydrogens (tertiary/aromatic N) is 3. The standard InChI is InChI=1S/C12H18N4O2S/c17-12(18)2-1-3-13-10-8-11(15-9-14-10)16-4-6-19-7-5-16/h8-9H,1-7H2,(H,17,18)(H,13,14,15). The van der Waals surface area contributed by atoms with Crippen molar-refractivity contribution in [1.82, 2.24) is 9.97 Å². The zero-order chi connectivity index (χ0) is 13.5. The molecule has 1 aliphatic rings. The van der Waals surface area contributed by atoms with Crippen LogP contribution in [0, 0.1) is 0 Å². The van der Waals surface area contributed by atoms with Gasteiger partial charge in [0.15, 0.2) is 0 Å². The normalized spacial score (nSPS) is 15.3. The first-order valence-corrected chi connectivity index (χ1v) is 7.51. The largest absolute Gasteiger partial charge is 0.481 e. The molecule has 2 N–H and O–H groups in total. The Morgan fingerprint density at radius 2 is 2.21 bits per heavy atom. The number of aromatic nitrogens is 2. The molecule has 0 aliphatic carbocycles. The smallest absolute Gasteiger partial charge is 0.303 e. The third kappa shape index (κ3) is 4.59. The summed E-state index contributed by atoms with van der Waals surface area (Å²) in [6.07, 6.45) is 2.32. The van der Waals surface area contributed by atoms with E-state index in [4.69, 9.17) is 5.11 Å². The van der Waals surface area contributed by atoms with Crippen molar-refractivity contribution in [2.45, 2.75) is 12.8 Å². The van der Waals surface area contributed by atoms with Crippen LogP contribution in [0.25, 0.3) is 0 Å². The van der Waals surface area contributed by atoms with Crippen LogP contribution in [0.15, 0.2) is 12.4 Å². The van der Waals surface area contributed by atoms with Crippen LogP contribution >= 0.6 is 11.8 Å². The predicted octanol–water partition coefficient (Wildman–Crippen LogP) is 1.31. The minimum atomic E-state index is -0.768. The third-order valence-electron chi connectivity index (χ3n) is 2.86. The second kappa shape index (κ2) is 7.18. The highest BCUT2D eigenvalue weighted by Crippen LogP contribution is 2.18. The van der Waals surface area contributed by atoms with E-state index in [0.717, 1.165) is 36.2 Å². The number of aliphatic carboxylic acids is 1. The highest BCUT2D eigenvalue weighted by molar-refractivity contribution is 7.99. The molecule has 0 bridgehead atoms. The molecule has 0 radical (unpaired) electrons. The summed E-state index contributed by atoms with van der Waals surface area (Å²) in [6.45, 7) is 2.64. The SMILES string of the molecule is O=C(O)CCCNc1cc(N2CCSCC2)ncn1. The van der Waals surface area contributed by atoms with Crippen LogP contribution in [0.4, 0.5) is 11.6 Å². The summed E-state index contributed by atoms with van der Waals surface area (Å²) >= 11 is 1.96. The van der Waals surface area contributed by atoms with Crippen molar-refractivity contribution in [3.63, 3.8) is 0 Å². The molecule has 0 spiro atoms. The molecule has 0 amide bonds. The summed E-state index contributed by atoms with van der Waals surface area (Å²) in [7, 11) is 0. The minimum Gasteiger partial charge on any atom is -0.481 e. The number of carboxylic acid groups (broad SMARTS) is 1. The number of carboxylic acids is 1. The molecule has 0 atom stereocenters. The first-order chi connectivity index (χ1) is 9.25. The van der Waals surface area contributed by atoms with Gasteiger partial charge in [-0.2, -0.15) is 11.8 Å². The zero-order valence-corrected chi connectivity index (χ0v) is 11.5. The van der Waals surface area contributed by atoms with Crippen molar-refractivity contribution in [3.8, 4) is 0 Å². The molecule has 6 nitrogen and oxygen atoms in total. The average Bonchev–Trinajstić information content (AvgIpc) is 2.45. The van der Waals surface area contributed by atoms with Crippen molar-refractivity contribution in [3.05, 3.63) is 12.4 Å². The molecule has 1 aromatic rings. The lowest BCUT2D eigenvalue weighted by Gasteiger charge is -2.27. The van der Waals surface area contributed by atoms with Gasteiger partial charge in [-0.15, -0.1) is 0 Å². The Bertz CT molecular complexity index is 424. The molecular formula is C12H18N4O2S. The van der Waals surface area contributed by atoms with Gasteiger partial charge in [-0.1, -0.05) is 0 Å². The van der Waals surface area contributed by atoms with Crippen LogP contribution in [-0.2, 0) is 4.79 Å². The molecule has 7 heteroatoms. The fourth-order valence-electron chi connectivity index (χ4n) is 1.87. The van der Waals surface area contributed by atoms with Gasteiger partial charge in [0.2, 0.25) is 0 Å². The summed E-state index contributed by atoms with van der Waals surface area (Å²) in [6, 6.07) is 1.93. The molecule has 0 aromatic carbocycles. The topological polar surface area (TPSA) is 78.4 Å². The zero-order valence-electron chi connectivity index (χ0n) is 10.7. The first kappa shape index (κ1) is 13.9. The maximum atomic E-state index is 10.4. The fraction of sp³-hybridized carbons (Fsp3) is 0.583. The molecule has 1 aromatic heterocycles. The Labute approximate surface area is 116 Å². The number of nitrogens with one attached hydrogen (secondary N) is 1. The lowest BCUT2D eigenvalue weighted by atomic mass is 10.3. The van der Waals surface area contributed by atoms with E-state index < -0.39 is 5.97 Å². The summed E-state index contributed by atoms with van der Waals surface area (Å²) in [5.74, 6) is 3.19. The summed E-state index contributed by atoms with van der Waals surface area (Å²) in [5, 5.41) is 11.7. The minimum absolute atomic E-state index is 0.175. The Hall–Kier alpha value is -1.50. The molecule has 2 heterocycles. The van der Waals surface area contributed by atoms with Gasteiger partial charge in [-0.25, -0.2) is 9.97 Å². The lowest BCUT2D eigenvalue weighted by molar-refractivity contribution is -0.137. The lowest BCUT2D eigenvalue weighted by Crippen LogP contribution is -2.33. The van der Waals surface area contributed by atoms with Gasteiger partial charge in [0.1, 0.15) is 18.0 Å². The summed E-state index contributed by atoms with van der Waals surface area (Å²) in [5.41, 5.74) is 0. The molecule has 2 rings (SSSR count). The van der Waals surface area contributed by atoms with E-state index in [0.29, 0.717) is 13.0 Å². The van der Waals surface area contributed by atoms with E-state index in [9.17, 15) is 4.79 Å². The maximum absolute atomic E-state index is 10.4. The van der Waals surface area contributed by atoms with Crippen molar-refractivity contribution >= 4 is 29.4 Å². The highest BCUT2D eigenvalue weighted by Gasteiger charge is 2.12. The van der Waals surface area contributed by atoms with Crippen LogP contribution in [0.3, 0.4) is 0 Å². The second-order valence-electron chi connectivity index (χ2n) is 4.28. The number of thioether (sulfide) groups is 1. The van der Waals surface area contributed by atoms with E-state index in [-0.39, 0.29) is 6.42 Å². The molecule has 0 saturated carbocycles. The summed E-state index contributed by atoms with van der Waals surface area (Å²) < 4.78 is 0.